The molecule has 30 heavy (non-hydrogen) atoms. The fourth-order valence-corrected chi connectivity index (χ4v) is 3.51. The summed E-state index contributed by atoms with van der Waals surface area (Å²) in [6.45, 7) is 0.608. The molecule has 1 amide bonds. The van der Waals surface area contributed by atoms with E-state index in [1.807, 2.05) is 54.6 Å². The maximum Gasteiger partial charge on any atom is 0.326 e. The van der Waals surface area contributed by atoms with Gasteiger partial charge in [-0.1, -0.05) is 49.9 Å². The highest BCUT2D eigenvalue weighted by atomic mass is 16.5. The molecule has 0 aliphatic carbocycles. The van der Waals surface area contributed by atoms with E-state index in [0.29, 0.717) is 30.9 Å². The molecule has 0 radical (unpaired) electrons. The van der Waals surface area contributed by atoms with Crippen molar-refractivity contribution in [1.82, 2.24) is 4.90 Å². The first-order valence-electron chi connectivity index (χ1n) is 9.52. The van der Waals surface area contributed by atoms with Crippen molar-refractivity contribution in [3.05, 3.63) is 78.3 Å². The van der Waals surface area contributed by atoms with E-state index < -0.39 is 17.9 Å². The van der Waals surface area contributed by atoms with Crippen molar-refractivity contribution in [3.8, 4) is 16.9 Å². The van der Waals surface area contributed by atoms with Gasteiger partial charge in [-0.2, -0.15) is 0 Å². The first-order valence-corrected chi connectivity index (χ1v) is 9.52. The molecule has 6 heteroatoms. The Morgan fingerprint density at radius 1 is 1.00 bits per heavy atom. The number of furan rings is 1. The second-order valence-electron chi connectivity index (χ2n) is 6.94. The number of hydrogen-bond acceptors (Lipinski definition) is 4. The van der Waals surface area contributed by atoms with Crippen LogP contribution in [0, 0.1) is 0 Å². The standard InChI is InChI=1S/C23H21NO5.CH4/c25-22(24-14-4-7-20(24)23(26)27)21-13-12-19(29-21)15-28-18-10-8-17(9-11-18)16-5-2-1-3-6-16;/h1-3,5-6,8-13,20H,4,7,14-15H2,(H,26,27);1H4/t20-;/m0./s1. The van der Waals surface area contributed by atoms with Crippen LogP contribution in [0.3, 0.4) is 0 Å². The van der Waals surface area contributed by atoms with Gasteiger partial charge in [0.25, 0.3) is 5.91 Å². The molecule has 0 saturated carbocycles. The van der Waals surface area contributed by atoms with Crippen molar-refractivity contribution >= 4 is 11.9 Å². The molecule has 156 valence electrons. The minimum absolute atomic E-state index is 0. The third-order valence-corrected chi connectivity index (χ3v) is 5.01. The number of ether oxygens (including phenoxy) is 1. The Hall–Kier alpha value is -3.54. The number of hydrogen-bond donors (Lipinski definition) is 1. The van der Waals surface area contributed by atoms with Gasteiger partial charge in [-0.15, -0.1) is 0 Å². The molecule has 0 bridgehead atoms. The maximum absolute atomic E-state index is 12.5. The summed E-state index contributed by atoms with van der Waals surface area (Å²) >= 11 is 0. The lowest BCUT2D eigenvalue weighted by atomic mass is 10.1. The zero-order valence-corrected chi connectivity index (χ0v) is 15.8. The monoisotopic (exact) mass is 407 g/mol. The second-order valence-corrected chi connectivity index (χ2v) is 6.94. The van der Waals surface area contributed by atoms with E-state index in [1.54, 1.807) is 12.1 Å². The van der Waals surface area contributed by atoms with Gasteiger partial charge >= 0.3 is 5.97 Å². The molecule has 6 nitrogen and oxygen atoms in total. The molecule has 2 heterocycles. The minimum Gasteiger partial charge on any atom is -0.486 e. The van der Waals surface area contributed by atoms with Crippen LogP contribution in [0.4, 0.5) is 0 Å². The molecular formula is C24H25NO5. The van der Waals surface area contributed by atoms with Gasteiger partial charge in [0.2, 0.25) is 0 Å². The van der Waals surface area contributed by atoms with Gasteiger partial charge < -0.3 is 19.2 Å². The molecule has 1 saturated heterocycles. The molecule has 0 spiro atoms. The van der Waals surface area contributed by atoms with Gasteiger partial charge in [-0.05, 0) is 48.2 Å². The van der Waals surface area contributed by atoms with Crippen LogP contribution in [0.25, 0.3) is 11.1 Å². The Morgan fingerprint density at radius 2 is 1.70 bits per heavy atom. The van der Waals surface area contributed by atoms with Crippen LogP contribution in [0.15, 0.2) is 71.1 Å². The van der Waals surface area contributed by atoms with Crippen molar-refractivity contribution in [3.63, 3.8) is 0 Å². The smallest absolute Gasteiger partial charge is 0.326 e. The van der Waals surface area contributed by atoms with Crippen molar-refractivity contribution < 1.29 is 23.8 Å². The number of benzene rings is 2. The Bertz CT molecular complexity index is 994. The molecule has 0 unspecified atom stereocenters. The summed E-state index contributed by atoms with van der Waals surface area (Å²) in [4.78, 5) is 25.2. The Morgan fingerprint density at radius 3 is 2.40 bits per heavy atom. The number of carboxylic acid groups (broad SMARTS) is 1. The summed E-state index contributed by atoms with van der Waals surface area (Å²) in [5.41, 5.74) is 2.23. The highest BCUT2D eigenvalue weighted by Gasteiger charge is 2.35. The lowest BCUT2D eigenvalue weighted by Gasteiger charge is -2.19. The molecule has 1 aromatic heterocycles. The number of aliphatic carboxylic acids is 1. The third kappa shape index (κ3) is 4.54. The van der Waals surface area contributed by atoms with E-state index in [1.165, 1.54) is 4.90 Å². The molecule has 3 aromatic rings. The van der Waals surface area contributed by atoms with Crippen LogP contribution in [0.1, 0.15) is 36.6 Å². The van der Waals surface area contributed by atoms with E-state index in [-0.39, 0.29) is 19.8 Å². The highest BCUT2D eigenvalue weighted by molar-refractivity contribution is 5.94. The van der Waals surface area contributed by atoms with Crippen LogP contribution >= 0.6 is 0 Å². The molecule has 1 aliphatic rings. The van der Waals surface area contributed by atoms with Crippen molar-refractivity contribution in [2.75, 3.05) is 6.54 Å². The minimum atomic E-state index is -0.982. The van der Waals surface area contributed by atoms with Crippen LogP contribution in [-0.4, -0.2) is 34.5 Å². The number of rotatable bonds is 6. The van der Waals surface area contributed by atoms with Crippen LogP contribution in [0.2, 0.25) is 0 Å². The lowest BCUT2D eigenvalue weighted by Crippen LogP contribution is -2.40. The SMILES string of the molecule is C.O=C(O)[C@@H]1CCCN1C(=O)c1ccc(COc2ccc(-c3ccccc3)cc2)o1. The van der Waals surface area contributed by atoms with E-state index in [0.717, 1.165) is 11.1 Å². The topological polar surface area (TPSA) is 80.0 Å². The number of nitrogens with zero attached hydrogens (tertiary/aromatic N) is 1. The van der Waals surface area contributed by atoms with Gasteiger partial charge in [0.05, 0.1) is 0 Å². The summed E-state index contributed by atoms with van der Waals surface area (Å²) in [5.74, 6) is -0.0412. The predicted octanol–water partition coefficient (Wildman–Crippen LogP) is 4.85. The van der Waals surface area contributed by atoms with E-state index in [2.05, 4.69) is 0 Å². The summed E-state index contributed by atoms with van der Waals surface area (Å²) in [7, 11) is 0. The molecule has 1 aliphatic heterocycles. The number of carbonyl (C=O) groups excluding carboxylic acids is 1. The van der Waals surface area contributed by atoms with Gasteiger partial charge in [-0.25, -0.2) is 4.79 Å². The molecule has 1 N–H and O–H groups in total. The van der Waals surface area contributed by atoms with E-state index in [4.69, 9.17) is 9.15 Å². The van der Waals surface area contributed by atoms with Gasteiger partial charge in [0.1, 0.15) is 24.2 Å². The summed E-state index contributed by atoms with van der Waals surface area (Å²) < 4.78 is 11.3. The normalized spacial score (nSPS) is 15.5. The molecule has 4 rings (SSSR count). The van der Waals surface area contributed by atoms with Gasteiger partial charge in [0, 0.05) is 6.54 Å². The quantitative estimate of drug-likeness (QED) is 0.632. The fourth-order valence-electron chi connectivity index (χ4n) is 3.51. The number of likely N-dealkylation sites (tertiary alicyclic amines) is 1. The molecule has 2 aromatic carbocycles. The first-order chi connectivity index (χ1) is 14.1. The zero-order valence-electron chi connectivity index (χ0n) is 15.8. The lowest BCUT2D eigenvalue weighted by molar-refractivity contribution is -0.141. The van der Waals surface area contributed by atoms with Gasteiger partial charge in [-0.3, -0.25) is 4.79 Å². The van der Waals surface area contributed by atoms with Crippen LogP contribution in [-0.2, 0) is 11.4 Å². The van der Waals surface area contributed by atoms with Crippen LogP contribution in [0.5, 0.6) is 5.75 Å². The highest BCUT2D eigenvalue weighted by Crippen LogP contribution is 2.24. The average molecular weight is 407 g/mol. The molecule has 1 atom stereocenters. The number of carbonyl (C=O) groups is 2. The van der Waals surface area contributed by atoms with E-state index in [9.17, 15) is 14.7 Å². The van der Waals surface area contributed by atoms with Crippen molar-refractivity contribution in [2.24, 2.45) is 0 Å². The predicted molar refractivity (Wildman–Crippen MR) is 113 cm³/mol. The zero-order chi connectivity index (χ0) is 20.2. The third-order valence-electron chi connectivity index (χ3n) is 5.01. The summed E-state index contributed by atoms with van der Waals surface area (Å²) in [6.07, 6.45) is 1.15. The molecular weight excluding hydrogens is 382 g/mol. The Balaban J connectivity index is 0.00000256. The first kappa shape index (κ1) is 21.2. The Labute approximate surface area is 175 Å². The largest absolute Gasteiger partial charge is 0.486 e. The van der Waals surface area contributed by atoms with Gasteiger partial charge in [0.15, 0.2) is 5.76 Å². The van der Waals surface area contributed by atoms with Crippen molar-refractivity contribution in [2.45, 2.75) is 32.9 Å². The number of amides is 1. The van der Waals surface area contributed by atoms with Crippen molar-refractivity contribution in [1.29, 1.82) is 0 Å². The average Bonchev–Trinajstić information content (AvgIpc) is 3.43. The summed E-state index contributed by atoms with van der Waals surface area (Å²) in [6, 6.07) is 20.3. The number of carboxylic acids is 1. The summed E-state index contributed by atoms with van der Waals surface area (Å²) in [5, 5.41) is 9.24. The fraction of sp³-hybridized carbons (Fsp3) is 0.250. The molecule has 1 fully saturated rings. The maximum atomic E-state index is 12.5. The second kappa shape index (κ2) is 9.31. The van der Waals surface area contributed by atoms with Crippen LogP contribution < -0.4 is 4.74 Å². The van der Waals surface area contributed by atoms with E-state index >= 15 is 0 Å². The Kier molecular flexibility index (Phi) is 6.57.